The summed E-state index contributed by atoms with van der Waals surface area (Å²) >= 11 is 0. The lowest BCUT2D eigenvalue weighted by Crippen LogP contribution is -2.37. The number of nitrogens with two attached hydrogens (primary N) is 1. The van der Waals surface area contributed by atoms with Crippen molar-refractivity contribution < 1.29 is 27.4 Å². The number of pyridine rings is 2. The van der Waals surface area contributed by atoms with E-state index in [1.54, 1.807) is 37.1 Å². The first-order chi connectivity index (χ1) is 17.6. The van der Waals surface area contributed by atoms with Crippen molar-refractivity contribution in [3.63, 3.8) is 0 Å². The molecule has 0 saturated carbocycles. The molecule has 2 N–H and O–H groups in total. The molecule has 0 bridgehead atoms. The Balaban J connectivity index is 1.59. The second-order valence-electron chi connectivity index (χ2n) is 8.87. The van der Waals surface area contributed by atoms with Gasteiger partial charge in [0, 0.05) is 37.2 Å². The van der Waals surface area contributed by atoms with Crippen molar-refractivity contribution in [1.82, 2.24) is 24.6 Å². The molecule has 37 heavy (non-hydrogen) atoms. The molecule has 1 aliphatic heterocycles. The number of alkyl halides is 3. The molecular weight excluding hydrogens is 489 g/mol. The molecule has 9 nitrogen and oxygen atoms in total. The van der Waals surface area contributed by atoms with Gasteiger partial charge in [0.15, 0.2) is 0 Å². The summed E-state index contributed by atoms with van der Waals surface area (Å²) in [7, 11) is 3.38. The average molecular weight is 515 g/mol. The monoisotopic (exact) mass is 514 g/mol. The number of aromatic nitrogens is 4. The third-order valence-corrected chi connectivity index (χ3v) is 6.59. The van der Waals surface area contributed by atoms with E-state index in [0.717, 1.165) is 11.6 Å². The Morgan fingerprint density at radius 3 is 2.78 bits per heavy atom. The van der Waals surface area contributed by atoms with Crippen LogP contribution in [0.15, 0.2) is 30.5 Å². The minimum atomic E-state index is -4.57. The topological polar surface area (TPSA) is 108 Å². The smallest absolute Gasteiger partial charge is 0.383 e. The fourth-order valence-corrected chi connectivity index (χ4v) is 4.68. The van der Waals surface area contributed by atoms with Crippen LogP contribution >= 0.6 is 0 Å². The number of hydrogen-bond donors (Lipinski definition) is 1. The molecule has 4 heterocycles. The summed E-state index contributed by atoms with van der Waals surface area (Å²) in [6, 6.07) is 5.20. The summed E-state index contributed by atoms with van der Waals surface area (Å²) in [6.45, 7) is 2.52. The first-order valence-corrected chi connectivity index (χ1v) is 11.6. The predicted molar refractivity (Wildman–Crippen MR) is 129 cm³/mol. The van der Waals surface area contributed by atoms with E-state index in [2.05, 4.69) is 15.1 Å². The molecule has 5 rings (SSSR count). The van der Waals surface area contributed by atoms with Gasteiger partial charge < -0.3 is 20.1 Å². The molecule has 0 unspecified atom stereocenters. The fourth-order valence-electron chi connectivity index (χ4n) is 4.68. The Hall–Kier alpha value is -3.77. The highest BCUT2D eigenvalue weighted by molar-refractivity contribution is 6.10. The van der Waals surface area contributed by atoms with Crippen LogP contribution in [0.1, 0.15) is 45.8 Å². The van der Waals surface area contributed by atoms with Gasteiger partial charge in [0.25, 0.3) is 5.91 Å². The van der Waals surface area contributed by atoms with Crippen LogP contribution in [0.25, 0.3) is 21.8 Å². The Labute approximate surface area is 210 Å². The van der Waals surface area contributed by atoms with Crippen molar-refractivity contribution >= 4 is 33.5 Å². The normalized spacial score (nSPS) is 15.8. The van der Waals surface area contributed by atoms with E-state index in [9.17, 15) is 18.0 Å². The summed E-state index contributed by atoms with van der Waals surface area (Å²) in [5, 5.41) is 5.64. The lowest BCUT2D eigenvalue weighted by Gasteiger charge is -2.33. The van der Waals surface area contributed by atoms with E-state index in [1.165, 1.54) is 11.0 Å². The fraction of sp³-hybridized carbons (Fsp3) is 0.360. The van der Waals surface area contributed by atoms with Gasteiger partial charge in [0.05, 0.1) is 54.2 Å². The van der Waals surface area contributed by atoms with Crippen molar-refractivity contribution in [3.8, 4) is 0 Å². The Morgan fingerprint density at radius 1 is 1.27 bits per heavy atom. The predicted octanol–water partition coefficient (Wildman–Crippen LogP) is 4.00. The third kappa shape index (κ3) is 4.36. The Kier molecular flexibility index (Phi) is 6.24. The van der Waals surface area contributed by atoms with Crippen molar-refractivity contribution in [2.75, 3.05) is 26.0 Å². The zero-order chi connectivity index (χ0) is 26.5. The molecule has 0 aliphatic carbocycles. The van der Waals surface area contributed by atoms with Gasteiger partial charge in [-0.1, -0.05) is 6.07 Å². The molecular formula is C25H25F3N6O3. The van der Waals surface area contributed by atoms with Crippen molar-refractivity contribution in [3.05, 3.63) is 58.5 Å². The maximum absolute atomic E-state index is 13.9. The van der Waals surface area contributed by atoms with Gasteiger partial charge >= 0.3 is 6.18 Å². The van der Waals surface area contributed by atoms with E-state index in [0.29, 0.717) is 45.4 Å². The molecule has 0 radical (unpaired) electrons. The van der Waals surface area contributed by atoms with Gasteiger partial charge in [-0.2, -0.15) is 18.3 Å². The number of hydrogen-bond acceptors (Lipinski definition) is 7. The van der Waals surface area contributed by atoms with Crippen LogP contribution < -0.4 is 5.73 Å². The molecule has 0 saturated heterocycles. The van der Waals surface area contributed by atoms with Gasteiger partial charge in [-0.05, 0) is 30.7 Å². The minimum absolute atomic E-state index is 0.0606. The van der Waals surface area contributed by atoms with E-state index in [4.69, 9.17) is 15.2 Å². The SMILES string of the molecule is CCOCc1cc2nc(N)c3cnn(C)c3c2cc1C(=O)N(C)[C@@H]1COCc2nc(C(F)(F)F)ccc21. The van der Waals surface area contributed by atoms with Crippen LogP contribution in [-0.4, -0.2) is 50.8 Å². The molecule has 1 atom stereocenters. The zero-order valence-electron chi connectivity index (χ0n) is 20.5. The molecule has 1 aromatic carbocycles. The quantitative estimate of drug-likeness (QED) is 0.429. The van der Waals surface area contributed by atoms with E-state index < -0.39 is 17.9 Å². The van der Waals surface area contributed by atoms with Crippen LogP contribution in [0, 0.1) is 0 Å². The summed E-state index contributed by atoms with van der Waals surface area (Å²) in [4.78, 5) is 23.6. The van der Waals surface area contributed by atoms with Crippen LogP contribution in [0.2, 0.25) is 0 Å². The van der Waals surface area contributed by atoms with E-state index >= 15 is 0 Å². The highest BCUT2D eigenvalue weighted by Gasteiger charge is 2.36. The number of halogens is 3. The number of carbonyl (C=O) groups is 1. The lowest BCUT2D eigenvalue weighted by molar-refractivity contribution is -0.141. The number of rotatable bonds is 5. The molecule has 12 heteroatoms. The highest BCUT2D eigenvalue weighted by atomic mass is 19.4. The summed E-state index contributed by atoms with van der Waals surface area (Å²) in [5.74, 6) is -0.0130. The zero-order valence-corrected chi connectivity index (χ0v) is 20.5. The first kappa shape index (κ1) is 24.9. The molecule has 194 valence electrons. The molecule has 1 amide bonds. The second-order valence-corrected chi connectivity index (χ2v) is 8.87. The molecule has 3 aromatic heterocycles. The van der Waals surface area contributed by atoms with Gasteiger partial charge in [-0.25, -0.2) is 9.97 Å². The number of carbonyl (C=O) groups excluding carboxylic acids is 1. The number of amides is 1. The largest absolute Gasteiger partial charge is 0.433 e. The molecule has 0 spiro atoms. The third-order valence-electron chi connectivity index (χ3n) is 6.59. The number of ether oxygens (including phenoxy) is 2. The van der Waals surface area contributed by atoms with Crippen molar-refractivity contribution in [2.45, 2.75) is 32.4 Å². The summed E-state index contributed by atoms with van der Waals surface area (Å²) in [6.07, 6.45) is -2.95. The number of benzene rings is 1. The second kappa shape index (κ2) is 9.27. The minimum Gasteiger partial charge on any atom is -0.383 e. The average Bonchev–Trinajstić information content (AvgIpc) is 3.27. The number of aryl methyl sites for hydroxylation is 1. The van der Waals surface area contributed by atoms with E-state index in [1.807, 2.05) is 6.92 Å². The van der Waals surface area contributed by atoms with Crippen LogP contribution in [0.3, 0.4) is 0 Å². The maximum Gasteiger partial charge on any atom is 0.433 e. The summed E-state index contributed by atoms with van der Waals surface area (Å²) in [5.41, 5.74) is 8.16. The Morgan fingerprint density at radius 2 is 2.05 bits per heavy atom. The highest BCUT2D eigenvalue weighted by Crippen LogP contribution is 2.35. The molecule has 1 aliphatic rings. The number of anilines is 1. The summed E-state index contributed by atoms with van der Waals surface area (Å²) < 4.78 is 52.4. The molecule has 0 fully saturated rings. The number of likely N-dealkylation sites (N-methyl/N-ethyl adjacent to an activating group) is 1. The van der Waals surface area contributed by atoms with Gasteiger partial charge in [-0.15, -0.1) is 0 Å². The maximum atomic E-state index is 13.9. The van der Waals surface area contributed by atoms with Crippen LogP contribution in [-0.2, 0) is 35.9 Å². The first-order valence-electron chi connectivity index (χ1n) is 11.6. The van der Waals surface area contributed by atoms with Gasteiger partial charge in [0.2, 0.25) is 0 Å². The van der Waals surface area contributed by atoms with Crippen molar-refractivity contribution in [2.24, 2.45) is 7.05 Å². The number of nitrogens with zero attached hydrogens (tertiary/aromatic N) is 5. The van der Waals surface area contributed by atoms with Crippen molar-refractivity contribution in [1.29, 1.82) is 0 Å². The Bertz CT molecular complexity index is 1520. The van der Waals surface area contributed by atoms with Gasteiger partial charge in [-0.3, -0.25) is 9.48 Å². The molecule has 4 aromatic rings. The van der Waals surface area contributed by atoms with E-state index in [-0.39, 0.29) is 31.4 Å². The van der Waals surface area contributed by atoms with Gasteiger partial charge in [0.1, 0.15) is 11.5 Å². The van der Waals surface area contributed by atoms with Crippen LogP contribution in [0.5, 0.6) is 0 Å². The standard InChI is InChI=1S/C25H25F3N6O3/c1-4-36-10-13-7-18-16(22-17(23(29)32-18)9-30-34(22)3)8-15(13)24(35)33(2)20-12-37-11-19-14(20)5-6-21(31-19)25(26,27)28/h5-9,20H,4,10-12H2,1-3H3,(H2,29,32)/t20-/m1/s1. The number of fused-ring (bicyclic) bond motifs is 4. The lowest BCUT2D eigenvalue weighted by atomic mass is 9.98. The van der Waals surface area contributed by atoms with Crippen LogP contribution in [0.4, 0.5) is 19.0 Å². The number of nitrogen functional groups attached to an aromatic ring is 1.